The highest BCUT2D eigenvalue weighted by molar-refractivity contribution is 6.08. The molecule has 1 fully saturated rings. The zero-order valence-corrected chi connectivity index (χ0v) is 10.6. The van der Waals surface area contributed by atoms with Crippen LogP contribution in [0.25, 0.3) is 21.9 Å². The fourth-order valence-corrected chi connectivity index (χ4v) is 2.60. The maximum absolute atomic E-state index is 12.2. The molecule has 2 heteroatoms. The molecule has 1 aliphatic rings. The van der Waals surface area contributed by atoms with Crippen molar-refractivity contribution in [2.24, 2.45) is 5.92 Å². The van der Waals surface area contributed by atoms with Crippen molar-refractivity contribution in [2.45, 2.75) is 19.3 Å². The first-order valence-corrected chi connectivity index (χ1v) is 6.76. The number of ketones is 1. The molecule has 0 saturated heterocycles. The molecule has 1 aromatic heterocycles. The maximum Gasteiger partial charge on any atom is 0.163 e. The Morgan fingerprint density at radius 2 is 1.84 bits per heavy atom. The van der Waals surface area contributed by atoms with Crippen molar-refractivity contribution in [3.8, 4) is 0 Å². The number of hydrogen-bond donors (Lipinski definition) is 0. The molecule has 0 bridgehead atoms. The number of furan rings is 1. The minimum atomic E-state index is 0.259. The molecule has 0 amide bonds. The second kappa shape index (κ2) is 3.95. The lowest BCUT2D eigenvalue weighted by atomic mass is 10.0. The molecule has 94 valence electrons. The number of fused-ring (bicyclic) bond motifs is 3. The number of benzene rings is 2. The zero-order valence-electron chi connectivity index (χ0n) is 10.6. The molecule has 0 spiro atoms. The van der Waals surface area contributed by atoms with Gasteiger partial charge in [0.15, 0.2) is 5.78 Å². The highest BCUT2D eigenvalue weighted by atomic mass is 16.3. The number of carbonyl (C=O) groups excluding carboxylic acids is 1. The van der Waals surface area contributed by atoms with Crippen LogP contribution in [-0.4, -0.2) is 5.78 Å². The third-order valence-electron chi connectivity index (χ3n) is 3.87. The van der Waals surface area contributed by atoms with Gasteiger partial charge in [-0.1, -0.05) is 18.2 Å². The van der Waals surface area contributed by atoms with E-state index >= 15 is 0 Å². The van der Waals surface area contributed by atoms with Gasteiger partial charge in [0.1, 0.15) is 11.2 Å². The molecule has 0 atom stereocenters. The minimum Gasteiger partial charge on any atom is -0.456 e. The second-order valence-electron chi connectivity index (χ2n) is 5.38. The van der Waals surface area contributed by atoms with Crippen LogP contribution in [0.5, 0.6) is 0 Å². The van der Waals surface area contributed by atoms with Gasteiger partial charge >= 0.3 is 0 Å². The monoisotopic (exact) mass is 250 g/mol. The molecule has 19 heavy (non-hydrogen) atoms. The first-order valence-electron chi connectivity index (χ1n) is 6.76. The number of rotatable bonds is 3. The molecule has 2 aromatic carbocycles. The van der Waals surface area contributed by atoms with Crippen molar-refractivity contribution in [1.29, 1.82) is 0 Å². The second-order valence-corrected chi connectivity index (χ2v) is 5.38. The van der Waals surface area contributed by atoms with Gasteiger partial charge in [0, 0.05) is 22.8 Å². The Labute approximate surface area is 111 Å². The fourth-order valence-electron chi connectivity index (χ4n) is 2.60. The van der Waals surface area contributed by atoms with Gasteiger partial charge in [0.2, 0.25) is 0 Å². The average molecular weight is 250 g/mol. The van der Waals surface area contributed by atoms with Crippen molar-refractivity contribution in [1.82, 2.24) is 0 Å². The van der Waals surface area contributed by atoms with Crippen molar-refractivity contribution in [3.63, 3.8) is 0 Å². The number of hydrogen-bond acceptors (Lipinski definition) is 2. The van der Waals surface area contributed by atoms with E-state index in [-0.39, 0.29) is 5.78 Å². The normalized spacial score (nSPS) is 15.2. The molecule has 1 heterocycles. The summed E-state index contributed by atoms with van der Waals surface area (Å²) in [5.74, 6) is 0.888. The molecule has 3 aromatic rings. The van der Waals surface area contributed by atoms with Crippen LogP contribution in [-0.2, 0) is 0 Å². The Kier molecular flexibility index (Phi) is 2.25. The standard InChI is InChI=1S/C17H14O2/c18-15(9-11-5-6-11)12-7-8-17-14(10-12)13-3-1-2-4-16(13)19-17/h1-4,7-8,10-11H,5-6,9H2. The van der Waals surface area contributed by atoms with Crippen LogP contribution in [0.3, 0.4) is 0 Å². The van der Waals surface area contributed by atoms with Gasteiger partial charge in [0.25, 0.3) is 0 Å². The Bertz CT molecular complexity index is 778. The Morgan fingerprint density at radius 3 is 2.68 bits per heavy atom. The molecular formula is C17H14O2. The lowest BCUT2D eigenvalue weighted by Gasteiger charge is -1.99. The van der Waals surface area contributed by atoms with Crippen LogP contribution in [0.15, 0.2) is 46.9 Å². The Morgan fingerprint density at radius 1 is 1.05 bits per heavy atom. The SMILES string of the molecule is O=C(CC1CC1)c1ccc2oc3ccccc3c2c1. The van der Waals surface area contributed by atoms with Gasteiger partial charge in [-0.15, -0.1) is 0 Å². The molecule has 2 nitrogen and oxygen atoms in total. The van der Waals surface area contributed by atoms with Gasteiger partial charge < -0.3 is 4.42 Å². The number of Topliss-reactive ketones (excluding diaryl/α,β-unsaturated/α-hetero) is 1. The van der Waals surface area contributed by atoms with Crippen molar-refractivity contribution < 1.29 is 9.21 Å². The summed E-state index contributed by atoms with van der Waals surface area (Å²) in [6, 6.07) is 13.7. The van der Waals surface area contributed by atoms with Crippen LogP contribution >= 0.6 is 0 Å². The van der Waals surface area contributed by atoms with Gasteiger partial charge in [0.05, 0.1) is 0 Å². The van der Waals surface area contributed by atoms with Crippen molar-refractivity contribution in [3.05, 3.63) is 48.0 Å². The van der Waals surface area contributed by atoms with Crippen LogP contribution in [0.2, 0.25) is 0 Å². The summed E-state index contributed by atoms with van der Waals surface area (Å²) < 4.78 is 5.77. The highest BCUT2D eigenvalue weighted by Gasteiger charge is 2.25. The van der Waals surface area contributed by atoms with E-state index in [4.69, 9.17) is 4.42 Å². The summed E-state index contributed by atoms with van der Waals surface area (Å²) in [5, 5.41) is 2.12. The third-order valence-corrected chi connectivity index (χ3v) is 3.87. The molecule has 1 aliphatic carbocycles. The lowest BCUT2D eigenvalue weighted by Crippen LogP contribution is -1.99. The molecule has 0 unspecified atom stereocenters. The average Bonchev–Trinajstić information content (AvgIpc) is 3.17. The Hall–Kier alpha value is -2.09. The molecule has 0 aliphatic heterocycles. The number of para-hydroxylation sites is 1. The highest BCUT2D eigenvalue weighted by Crippen LogP contribution is 2.34. The van der Waals surface area contributed by atoms with Gasteiger partial charge in [-0.05, 0) is 43.0 Å². The molecule has 1 saturated carbocycles. The third kappa shape index (κ3) is 1.84. The van der Waals surface area contributed by atoms with E-state index in [1.54, 1.807) is 0 Å². The maximum atomic E-state index is 12.2. The van der Waals surface area contributed by atoms with Crippen LogP contribution in [0, 0.1) is 5.92 Å². The topological polar surface area (TPSA) is 30.2 Å². The summed E-state index contributed by atoms with van der Waals surface area (Å²) >= 11 is 0. The van der Waals surface area contributed by atoms with E-state index in [0.29, 0.717) is 12.3 Å². The zero-order chi connectivity index (χ0) is 12.8. The molecule has 0 N–H and O–H groups in total. The van der Waals surface area contributed by atoms with Crippen LogP contribution in [0.1, 0.15) is 29.6 Å². The first kappa shape index (κ1) is 10.8. The quantitative estimate of drug-likeness (QED) is 0.637. The van der Waals surface area contributed by atoms with E-state index in [1.165, 1.54) is 12.8 Å². The van der Waals surface area contributed by atoms with E-state index in [0.717, 1.165) is 27.5 Å². The van der Waals surface area contributed by atoms with E-state index < -0.39 is 0 Å². The van der Waals surface area contributed by atoms with Gasteiger partial charge in [-0.3, -0.25) is 4.79 Å². The van der Waals surface area contributed by atoms with E-state index in [1.807, 2.05) is 42.5 Å². The summed E-state index contributed by atoms with van der Waals surface area (Å²) in [4.78, 5) is 12.2. The molecular weight excluding hydrogens is 236 g/mol. The summed E-state index contributed by atoms with van der Waals surface area (Å²) in [7, 11) is 0. The smallest absolute Gasteiger partial charge is 0.163 e. The van der Waals surface area contributed by atoms with Gasteiger partial charge in [-0.2, -0.15) is 0 Å². The largest absolute Gasteiger partial charge is 0.456 e. The summed E-state index contributed by atoms with van der Waals surface area (Å²) in [6.07, 6.45) is 3.12. The van der Waals surface area contributed by atoms with Crippen molar-refractivity contribution in [2.75, 3.05) is 0 Å². The predicted octanol–water partition coefficient (Wildman–Crippen LogP) is 4.57. The Balaban J connectivity index is 1.84. The fraction of sp³-hybridized carbons (Fsp3) is 0.235. The van der Waals surface area contributed by atoms with E-state index in [9.17, 15) is 4.79 Å². The molecule has 0 radical (unpaired) electrons. The predicted molar refractivity (Wildman–Crippen MR) is 75.4 cm³/mol. The summed E-state index contributed by atoms with van der Waals surface area (Å²) in [5.41, 5.74) is 2.54. The molecule has 4 rings (SSSR count). The van der Waals surface area contributed by atoms with E-state index in [2.05, 4.69) is 0 Å². The minimum absolute atomic E-state index is 0.259. The first-order chi connectivity index (χ1) is 9.31. The lowest BCUT2D eigenvalue weighted by molar-refractivity contribution is 0.0976. The van der Waals surface area contributed by atoms with Gasteiger partial charge in [-0.25, -0.2) is 0 Å². The van der Waals surface area contributed by atoms with Crippen molar-refractivity contribution >= 4 is 27.7 Å². The van der Waals surface area contributed by atoms with Crippen LogP contribution in [0.4, 0.5) is 0 Å². The van der Waals surface area contributed by atoms with Crippen LogP contribution < -0.4 is 0 Å². The summed E-state index contributed by atoms with van der Waals surface area (Å²) in [6.45, 7) is 0. The number of carbonyl (C=O) groups is 1.